The van der Waals surface area contributed by atoms with Crippen LogP contribution in [0, 0.1) is 11.8 Å². The van der Waals surface area contributed by atoms with Crippen LogP contribution < -0.4 is 5.32 Å². The maximum absolute atomic E-state index is 3.71. The van der Waals surface area contributed by atoms with Crippen molar-refractivity contribution in [1.82, 2.24) is 5.32 Å². The largest absolute Gasteiger partial charge is 0.314 e. The molecule has 2 unspecified atom stereocenters. The van der Waals surface area contributed by atoms with Crippen molar-refractivity contribution in [3.63, 3.8) is 0 Å². The van der Waals surface area contributed by atoms with Crippen molar-refractivity contribution in [2.75, 3.05) is 6.54 Å². The van der Waals surface area contributed by atoms with E-state index >= 15 is 0 Å². The van der Waals surface area contributed by atoms with Crippen LogP contribution in [-0.2, 0) is 0 Å². The minimum Gasteiger partial charge on any atom is -0.314 e. The van der Waals surface area contributed by atoms with Crippen molar-refractivity contribution in [3.8, 4) is 0 Å². The van der Waals surface area contributed by atoms with Gasteiger partial charge in [0.1, 0.15) is 0 Å². The molecule has 0 bridgehead atoms. The van der Waals surface area contributed by atoms with Gasteiger partial charge in [-0.3, -0.25) is 0 Å². The lowest BCUT2D eigenvalue weighted by atomic mass is 9.91. The first kappa shape index (κ1) is 15.0. The highest BCUT2D eigenvalue weighted by atomic mass is 14.9. The summed E-state index contributed by atoms with van der Waals surface area (Å²) in [4.78, 5) is 0. The molecule has 92 valence electrons. The zero-order valence-electron chi connectivity index (χ0n) is 11.5. The van der Waals surface area contributed by atoms with Crippen LogP contribution in [0.5, 0.6) is 0 Å². The summed E-state index contributed by atoms with van der Waals surface area (Å²) in [5, 5.41) is 3.71. The predicted molar refractivity (Wildman–Crippen MR) is 70.2 cm³/mol. The fourth-order valence-corrected chi connectivity index (χ4v) is 2.09. The molecule has 0 aliphatic heterocycles. The molecule has 0 spiro atoms. The Labute approximate surface area is 97.0 Å². The van der Waals surface area contributed by atoms with Gasteiger partial charge in [0.05, 0.1) is 0 Å². The molecule has 0 fully saturated rings. The van der Waals surface area contributed by atoms with Gasteiger partial charge < -0.3 is 5.32 Å². The van der Waals surface area contributed by atoms with Gasteiger partial charge in [0.25, 0.3) is 0 Å². The summed E-state index contributed by atoms with van der Waals surface area (Å²) >= 11 is 0. The molecule has 0 saturated heterocycles. The molecular formula is C14H31N. The monoisotopic (exact) mass is 213 g/mol. The summed E-state index contributed by atoms with van der Waals surface area (Å²) in [6.45, 7) is 12.8. The van der Waals surface area contributed by atoms with E-state index in [1.807, 2.05) is 0 Å². The van der Waals surface area contributed by atoms with Crippen LogP contribution in [0.1, 0.15) is 66.7 Å². The predicted octanol–water partition coefficient (Wildman–Crippen LogP) is 4.23. The molecule has 1 N–H and O–H groups in total. The molecule has 15 heavy (non-hydrogen) atoms. The van der Waals surface area contributed by atoms with Crippen LogP contribution in [0.4, 0.5) is 0 Å². The molecule has 0 saturated carbocycles. The molecule has 0 amide bonds. The zero-order valence-corrected chi connectivity index (χ0v) is 11.5. The molecule has 0 aliphatic rings. The van der Waals surface area contributed by atoms with Gasteiger partial charge in [0, 0.05) is 6.04 Å². The highest BCUT2D eigenvalue weighted by molar-refractivity contribution is 4.73. The summed E-state index contributed by atoms with van der Waals surface area (Å²) in [5.74, 6) is 1.67. The average molecular weight is 213 g/mol. The lowest BCUT2D eigenvalue weighted by molar-refractivity contribution is 0.318. The number of hydrogen-bond donors (Lipinski definition) is 1. The Kier molecular flexibility index (Phi) is 9.18. The summed E-state index contributed by atoms with van der Waals surface area (Å²) in [6.07, 6.45) is 6.62. The second kappa shape index (κ2) is 9.21. The molecule has 0 aromatic rings. The lowest BCUT2D eigenvalue weighted by Gasteiger charge is -2.25. The van der Waals surface area contributed by atoms with Gasteiger partial charge in [0.15, 0.2) is 0 Å². The Morgan fingerprint density at radius 1 is 0.867 bits per heavy atom. The molecule has 2 atom stereocenters. The highest BCUT2D eigenvalue weighted by Crippen LogP contribution is 2.17. The van der Waals surface area contributed by atoms with E-state index in [0.717, 1.165) is 17.9 Å². The third kappa shape index (κ3) is 7.84. The van der Waals surface area contributed by atoms with Gasteiger partial charge in [-0.1, -0.05) is 41.0 Å². The van der Waals surface area contributed by atoms with Crippen molar-refractivity contribution in [2.45, 2.75) is 72.8 Å². The Morgan fingerprint density at radius 2 is 1.53 bits per heavy atom. The summed E-state index contributed by atoms with van der Waals surface area (Å²) < 4.78 is 0. The molecule has 0 aliphatic carbocycles. The Balaban J connectivity index is 3.92. The number of hydrogen-bond acceptors (Lipinski definition) is 1. The minimum atomic E-state index is 0.743. The molecule has 0 heterocycles. The van der Waals surface area contributed by atoms with E-state index in [-0.39, 0.29) is 0 Å². The second-order valence-corrected chi connectivity index (χ2v) is 5.30. The van der Waals surface area contributed by atoms with Crippen molar-refractivity contribution < 1.29 is 0 Å². The summed E-state index contributed by atoms with van der Waals surface area (Å²) in [5.41, 5.74) is 0. The fourth-order valence-electron chi connectivity index (χ4n) is 2.09. The van der Waals surface area contributed by atoms with E-state index < -0.39 is 0 Å². The molecule has 1 nitrogen and oxygen atoms in total. The lowest BCUT2D eigenvalue weighted by Crippen LogP contribution is -2.35. The Morgan fingerprint density at radius 3 is 2.00 bits per heavy atom. The molecule has 0 aromatic heterocycles. The van der Waals surface area contributed by atoms with Crippen LogP contribution in [0.3, 0.4) is 0 Å². The van der Waals surface area contributed by atoms with E-state index in [0.29, 0.717) is 0 Å². The number of rotatable bonds is 9. The normalized spacial score (nSPS) is 15.6. The van der Waals surface area contributed by atoms with E-state index in [1.54, 1.807) is 0 Å². The van der Waals surface area contributed by atoms with E-state index in [4.69, 9.17) is 0 Å². The summed E-state index contributed by atoms with van der Waals surface area (Å²) in [6, 6.07) is 0.743. The SMILES string of the molecule is CCCNC(CCC(C)C)C(C)CCC. The van der Waals surface area contributed by atoms with Gasteiger partial charge in [0.2, 0.25) is 0 Å². The summed E-state index contributed by atoms with van der Waals surface area (Å²) in [7, 11) is 0. The Bertz CT molecular complexity index is 131. The minimum absolute atomic E-state index is 0.743. The van der Waals surface area contributed by atoms with Crippen molar-refractivity contribution in [1.29, 1.82) is 0 Å². The highest BCUT2D eigenvalue weighted by Gasteiger charge is 2.15. The van der Waals surface area contributed by atoms with E-state index in [1.165, 1.54) is 38.6 Å². The van der Waals surface area contributed by atoms with E-state index in [2.05, 4.69) is 39.9 Å². The quantitative estimate of drug-likeness (QED) is 0.604. The maximum Gasteiger partial charge on any atom is 0.00927 e. The second-order valence-electron chi connectivity index (χ2n) is 5.30. The molecule has 0 aromatic carbocycles. The fraction of sp³-hybridized carbons (Fsp3) is 1.00. The van der Waals surface area contributed by atoms with Crippen molar-refractivity contribution >= 4 is 0 Å². The van der Waals surface area contributed by atoms with Crippen molar-refractivity contribution in [3.05, 3.63) is 0 Å². The molecular weight excluding hydrogens is 182 g/mol. The van der Waals surface area contributed by atoms with Crippen LogP contribution in [-0.4, -0.2) is 12.6 Å². The topological polar surface area (TPSA) is 12.0 Å². The first-order valence-corrected chi connectivity index (χ1v) is 6.85. The van der Waals surface area contributed by atoms with Gasteiger partial charge in [-0.15, -0.1) is 0 Å². The van der Waals surface area contributed by atoms with Crippen molar-refractivity contribution in [2.24, 2.45) is 11.8 Å². The maximum atomic E-state index is 3.71. The van der Waals surface area contributed by atoms with Gasteiger partial charge in [-0.25, -0.2) is 0 Å². The average Bonchev–Trinajstić information content (AvgIpc) is 2.17. The van der Waals surface area contributed by atoms with Crippen LogP contribution in [0.2, 0.25) is 0 Å². The first-order chi connectivity index (χ1) is 7.11. The van der Waals surface area contributed by atoms with Crippen LogP contribution >= 0.6 is 0 Å². The third-order valence-electron chi connectivity index (χ3n) is 3.14. The van der Waals surface area contributed by atoms with Gasteiger partial charge in [-0.2, -0.15) is 0 Å². The molecule has 1 heteroatoms. The standard InChI is InChI=1S/C14H31N/c1-6-8-13(5)14(15-11-7-2)10-9-12(3)4/h12-15H,6-11H2,1-5H3. The number of nitrogens with one attached hydrogen (secondary N) is 1. The Hall–Kier alpha value is -0.0400. The molecule has 0 rings (SSSR count). The third-order valence-corrected chi connectivity index (χ3v) is 3.14. The van der Waals surface area contributed by atoms with Gasteiger partial charge >= 0.3 is 0 Å². The molecule has 0 radical (unpaired) electrons. The smallest absolute Gasteiger partial charge is 0.00927 e. The zero-order chi connectivity index (χ0) is 11.7. The first-order valence-electron chi connectivity index (χ1n) is 6.85. The van der Waals surface area contributed by atoms with Crippen LogP contribution in [0.25, 0.3) is 0 Å². The van der Waals surface area contributed by atoms with E-state index in [9.17, 15) is 0 Å². The van der Waals surface area contributed by atoms with Gasteiger partial charge in [-0.05, 0) is 44.1 Å². The van der Waals surface area contributed by atoms with Crippen LogP contribution in [0.15, 0.2) is 0 Å².